The Balaban J connectivity index is 2.56. The van der Waals surface area contributed by atoms with E-state index in [9.17, 15) is 13.2 Å². The summed E-state index contributed by atoms with van der Waals surface area (Å²) in [5.74, 6) is -0.206. The predicted molar refractivity (Wildman–Crippen MR) is 59.7 cm³/mol. The van der Waals surface area contributed by atoms with Crippen LogP contribution in [0.3, 0.4) is 0 Å². The summed E-state index contributed by atoms with van der Waals surface area (Å²) >= 11 is 0. The van der Waals surface area contributed by atoms with Crippen LogP contribution in [0.15, 0.2) is 24.3 Å². The summed E-state index contributed by atoms with van der Waals surface area (Å²) in [5.41, 5.74) is 0.815. The van der Waals surface area contributed by atoms with E-state index in [1.807, 2.05) is 6.07 Å². The second-order valence-electron chi connectivity index (χ2n) is 3.33. The maximum atomic E-state index is 11.3. The first-order valence-corrected chi connectivity index (χ1v) is 6.48. The van der Waals surface area contributed by atoms with E-state index in [-0.39, 0.29) is 6.54 Å². The molecule has 1 aromatic carbocycles. The van der Waals surface area contributed by atoms with Crippen LogP contribution < -0.4 is 9.46 Å². The second-order valence-corrected chi connectivity index (χ2v) is 5.17. The van der Waals surface area contributed by atoms with Crippen molar-refractivity contribution in [2.45, 2.75) is 6.92 Å². The summed E-state index contributed by atoms with van der Waals surface area (Å²) in [6.45, 7) is 1.43. The van der Waals surface area contributed by atoms with Crippen molar-refractivity contribution in [1.82, 2.24) is 4.72 Å². The van der Waals surface area contributed by atoms with Crippen LogP contribution in [0.25, 0.3) is 0 Å². The molecule has 1 N–H and O–H groups in total. The van der Waals surface area contributed by atoms with Crippen LogP contribution in [-0.4, -0.2) is 27.2 Å². The smallest absolute Gasteiger partial charge is 0.326 e. The van der Waals surface area contributed by atoms with Gasteiger partial charge in [-0.3, -0.25) is 4.79 Å². The van der Waals surface area contributed by atoms with Gasteiger partial charge in [0.1, 0.15) is 12.3 Å². The number of benzene rings is 1. The minimum Gasteiger partial charge on any atom is -0.425 e. The van der Waals surface area contributed by atoms with Crippen molar-refractivity contribution in [3.63, 3.8) is 0 Å². The Morgan fingerprint density at radius 1 is 1.38 bits per heavy atom. The third-order valence-corrected chi connectivity index (χ3v) is 2.46. The lowest BCUT2D eigenvalue weighted by Crippen LogP contribution is -2.31. The Kier molecular flexibility index (Phi) is 4.03. The highest BCUT2D eigenvalue weighted by molar-refractivity contribution is 7.88. The number of aryl methyl sites for hydroxylation is 1. The van der Waals surface area contributed by atoms with Crippen LogP contribution in [0, 0.1) is 6.92 Å². The minimum absolute atomic E-state index is 0.368. The van der Waals surface area contributed by atoms with Crippen molar-refractivity contribution in [2.75, 3.05) is 12.8 Å². The Morgan fingerprint density at radius 2 is 2.00 bits per heavy atom. The number of nitrogens with one attached hydrogen (secondary N) is 1. The Labute approximate surface area is 94.5 Å². The van der Waals surface area contributed by atoms with Gasteiger partial charge in [0.15, 0.2) is 0 Å². The van der Waals surface area contributed by atoms with E-state index in [0.717, 1.165) is 11.8 Å². The number of para-hydroxylation sites is 1. The first-order chi connectivity index (χ1) is 7.38. The van der Waals surface area contributed by atoms with Gasteiger partial charge in [0, 0.05) is 0 Å². The molecule has 0 aliphatic heterocycles. The number of carbonyl (C=O) groups is 1. The fraction of sp³-hybridized carbons (Fsp3) is 0.300. The van der Waals surface area contributed by atoms with Gasteiger partial charge in [-0.25, -0.2) is 13.1 Å². The summed E-state index contributed by atoms with van der Waals surface area (Å²) in [6, 6.07) is 7.00. The molecule has 0 spiro atoms. The fourth-order valence-corrected chi connectivity index (χ4v) is 1.40. The molecule has 88 valence electrons. The summed E-state index contributed by atoms with van der Waals surface area (Å²) in [6.07, 6.45) is 0.980. The van der Waals surface area contributed by atoms with Gasteiger partial charge in [0.2, 0.25) is 10.0 Å². The molecular formula is C10H13NO4S. The average molecular weight is 243 g/mol. The van der Waals surface area contributed by atoms with Crippen molar-refractivity contribution >= 4 is 16.0 Å². The zero-order chi connectivity index (χ0) is 12.2. The van der Waals surface area contributed by atoms with Gasteiger partial charge in [-0.05, 0) is 18.6 Å². The van der Waals surface area contributed by atoms with Gasteiger partial charge in [0.05, 0.1) is 6.26 Å². The van der Waals surface area contributed by atoms with Crippen LogP contribution in [0.2, 0.25) is 0 Å². The maximum absolute atomic E-state index is 11.3. The van der Waals surface area contributed by atoms with E-state index in [4.69, 9.17) is 4.74 Å². The van der Waals surface area contributed by atoms with Crippen LogP contribution >= 0.6 is 0 Å². The molecule has 0 unspecified atom stereocenters. The molecule has 6 heteroatoms. The summed E-state index contributed by atoms with van der Waals surface area (Å²) in [7, 11) is -3.37. The van der Waals surface area contributed by atoms with Crippen LogP contribution in [-0.2, 0) is 14.8 Å². The molecule has 1 rings (SSSR count). The van der Waals surface area contributed by atoms with Gasteiger partial charge in [-0.2, -0.15) is 0 Å². The molecule has 1 aromatic rings. The van der Waals surface area contributed by atoms with Crippen LogP contribution in [0.1, 0.15) is 5.56 Å². The summed E-state index contributed by atoms with van der Waals surface area (Å²) in [5, 5.41) is 0. The second kappa shape index (κ2) is 5.09. The number of esters is 1. The Morgan fingerprint density at radius 3 is 2.56 bits per heavy atom. The highest BCUT2D eigenvalue weighted by atomic mass is 32.2. The lowest BCUT2D eigenvalue weighted by molar-refractivity contribution is -0.133. The lowest BCUT2D eigenvalue weighted by Gasteiger charge is -2.06. The molecule has 0 radical (unpaired) electrons. The average Bonchev–Trinajstić information content (AvgIpc) is 2.18. The highest BCUT2D eigenvalue weighted by Crippen LogP contribution is 2.15. The van der Waals surface area contributed by atoms with Gasteiger partial charge in [0.25, 0.3) is 0 Å². The predicted octanol–water partition coefficient (Wildman–Crippen LogP) is 0.450. The summed E-state index contributed by atoms with van der Waals surface area (Å²) < 4.78 is 28.5. The first kappa shape index (κ1) is 12.7. The number of carbonyl (C=O) groups excluding carboxylic acids is 1. The number of ether oxygens (including phenoxy) is 1. The molecule has 0 amide bonds. The van der Waals surface area contributed by atoms with Gasteiger partial charge >= 0.3 is 5.97 Å². The van der Waals surface area contributed by atoms with E-state index < -0.39 is 16.0 Å². The number of hydrogen-bond donors (Lipinski definition) is 1. The van der Waals surface area contributed by atoms with E-state index >= 15 is 0 Å². The topological polar surface area (TPSA) is 72.5 Å². The molecule has 5 nitrogen and oxygen atoms in total. The van der Waals surface area contributed by atoms with Crippen molar-refractivity contribution in [2.24, 2.45) is 0 Å². The van der Waals surface area contributed by atoms with Crippen molar-refractivity contribution in [3.8, 4) is 5.75 Å². The fourth-order valence-electron chi connectivity index (χ4n) is 1.02. The Hall–Kier alpha value is -1.40. The number of sulfonamides is 1. The monoisotopic (exact) mass is 243 g/mol. The van der Waals surface area contributed by atoms with E-state index in [2.05, 4.69) is 4.72 Å². The molecule has 0 fully saturated rings. The maximum Gasteiger partial charge on any atom is 0.326 e. The van der Waals surface area contributed by atoms with E-state index in [1.165, 1.54) is 0 Å². The molecule has 0 aromatic heterocycles. The molecule has 0 heterocycles. The molecule has 0 saturated heterocycles. The lowest BCUT2D eigenvalue weighted by atomic mass is 10.2. The third-order valence-electron chi connectivity index (χ3n) is 1.80. The first-order valence-electron chi connectivity index (χ1n) is 4.59. The minimum atomic E-state index is -3.37. The van der Waals surface area contributed by atoms with Gasteiger partial charge < -0.3 is 4.74 Å². The van der Waals surface area contributed by atoms with E-state index in [0.29, 0.717) is 5.75 Å². The molecule has 16 heavy (non-hydrogen) atoms. The summed E-state index contributed by atoms with van der Waals surface area (Å²) in [4.78, 5) is 11.3. The van der Waals surface area contributed by atoms with Crippen LogP contribution in [0.5, 0.6) is 5.75 Å². The SMILES string of the molecule is Cc1ccccc1OC(=O)CNS(C)(=O)=O. The molecule has 0 atom stereocenters. The van der Waals surface area contributed by atoms with Gasteiger partial charge in [-0.1, -0.05) is 18.2 Å². The largest absolute Gasteiger partial charge is 0.425 e. The van der Waals surface area contributed by atoms with Crippen molar-refractivity contribution < 1.29 is 17.9 Å². The normalized spacial score (nSPS) is 11.1. The molecular weight excluding hydrogens is 230 g/mol. The van der Waals surface area contributed by atoms with Crippen molar-refractivity contribution in [1.29, 1.82) is 0 Å². The molecule has 0 saturated carbocycles. The molecule has 0 aliphatic carbocycles. The Bertz CT molecular complexity index is 481. The third kappa shape index (κ3) is 4.41. The number of rotatable bonds is 4. The molecule has 0 bridgehead atoms. The molecule has 0 aliphatic rings. The van der Waals surface area contributed by atoms with Crippen LogP contribution in [0.4, 0.5) is 0 Å². The van der Waals surface area contributed by atoms with Crippen molar-refractivity contribution in [3.05, 3.63) is 29.8 Å². The zero-order valence-corrected chi connectivity index (χ0v) is 9.87. The van der Waals surface area contributed by atoms with E-state index in [1.54, 1.807) is 25.1 Å². The number of hydrogen-bond acceptors (Lipinski definition) is 4. The highest BCUT2D eigenvalue weighted by Gasteiger charge is 2.09. The van der Waals surface area contributed by atoms with Gasteiger partial charge in [-0.15, -0.1) is 0 Å². The standard InChI is InChI=1S/C10H13NO4S/c1-8-5-3-4-6-9(8)15-10(12)7-11-16(2,13)14/h3-6,11H,7H2,1-2H3. The quantitative estimate of drug-likeness (QED) is 0.615. The zero-order valence-electron chi connectivity index (χ0n) is 9.06.